The van der Waals surface area contributed by atoms with Crippen molar-refractivity contribution in [2.45, 2.75) is 26.3 Å². The van der Waals surface area contributed by atoms with E-state index in [-0.39, 0.29) is 5.91 Å². The minimum Gasteiger partial charge on any atom is -0.441 e. The van der Waals surface area contributed by atoms with Crippen LogP contribution in [0.15, 0.2) is 53.1 Å². The van der Waals surface area contributed by atoms with Gasteiger partial charge >= 0.3 is 0 Å². The molecule has 1 aliphatic rings. The summed E-state index contributed by atoms with van der Waals surface area (Å²) in [7, 11) is 0. The molecule has 5 rings (SSSR count). The lowest BCUT2D eigenvalue weighted by atomic mass is 10.2. The van der Waals surface area contributed by atoms with Crippen molar-refractivity contribution in [3.05, 3.63) is 65.9 Å². The quantitative estimate of drug-likeness (QED) is 0.512. The Kier molecular flexibility index (Phi) is 4.96. The molecule has 154 valence electrons. The van der Waals surface area contributed by atoms with E-state index in [9.17, 15) is 4.79 Å². The number of hydrogen-bond acceptors (Lipinski definition) is 5. The number of aromatic nitrogens is 3. The Morgan fingerprint density at radius 1 is 1.03 bits per heavy atom. The molecule has 7 nitrogen and oxygen atoms in total. The standard InChI is InChI=1S/C23H25N5O2/c1-17-19(28-11-5-4-8-21(28)24-17)16-26-12-14-27(15-13-26)23(29)10-9-22-25-18-6-2-3-7-20(18)30-22/h2-8,11H,9-10,12-16H2,1H3. The highest BCUT2D eigenvalue weighted by molar-refractivity contribution is 5.77. The van der Waals surface area contributed by atoms with Gasteiger partial charge in [0.05, 0.1) is 11.4 Å². The van der Waals surface area contributed by atoms with Crippen LogP contribution in [0.25, 0.3) is 16.7 Å². The SMILES string of the molecule is Cc1nc2ccccn2c1CN1CCN(C(=O)CCc2nc3ccccc3o2)CC1. The van der Waals surface area contributed by atoms with Gasteiger partial charge in [-0.25, -0.2) is 9.97 Å². The van der Waals surface area contributed by atoms with E-state index in [1.807, 2.05) is 47.4 Å². The zero-order valence-electron chi connectivity index (χ0n) is 17.1. The van der Waals surface area contributed by atoms with Crippen molar-refractivity contribution in [1.82, 2.24) is 24.2 Å². The first-order valence-corrected chi connectivity index (χ1v) is 10.4. The van der Waals surface area contributed by atoms with Crippen molar-refractivity contribution >= 4 is 22.7 Å². The summed E-state index contributed by atoms with van der Waals surface area (Å²) < 4.78 is 7.89. The number of aryl methyl sites for hydroxylation is 2. The lowest BCUT2D eigenvalue weighted by Crippen LogP contribution is -2.48. The summed E-state index contributed by atoms with van der Waals surface area (Å²) in [5.41, 5.74) is 4.89. The fourth-order valence-electron chi connectivity index (χ4n) is 4.12. The summed E-state index contributed by atoms with van der Waals surface area (Å²) in [6, 6.07) is 13.8. The maximum atomic E-state index is 12.7. The summed E-state index contributed by atoms with van der Waals surface area (Å²) in [6.07, 6.45) is 3.03. The second-order valence-corrected chi connectivity index (χ2v) is 7.81. The van der Waals surface area contributed by atoms with E-state index in [1.54, 1.807) is 0 Å². The number of piperazine rings is 1. The Labute approximate surface area is 174 Å². The minimum absolute atomic E-state index is 0.169. The van der Waals surface area contributed by atoms with Crippen LogP contribution in [0.5, 0.6) is 0 Å². The highest BCUT2D eigenvalue weighted by atomic mass is 16.3. The Balaban J connectivity index is 1.15. The molecule has 1 fully saturated rings. The number of nitrogens with zero attached hydrogens (tertiary/aromatic N) is 5. The molecule has 3 aromatic heterocycles. The number of hydrogen-bond donors (Lipinski definition) is 0. The van der Waals surface area contributed by atoms with Crippen LogP contribution in [0.4, 0.5) is 0 Å². The summed E-state index contributed by atoms with van der Waals surface area (Å²) in [5.74, 6) is 0.800. The number of carbonyl (C=O) groups excluding carboxylic acids is 1. The molecule has 7 heteroatoms. The molecule has 0 saturated carbocycles. The van der Waals surface area contributed by atoms with Crippen LogP contribution < -0.4 is 0 Å². The number of para-hydroxylation sites is 2. The van der Waals surface area contributed by atoms with Gasteiger partial charge in [-0.2, -0.15) is 0 Å². The van der Waals surface area contributed by atoms with E-state index < -0.39 is 0 Å². The van der Waals surface area contributed by atoms with Gasteiger partial charge in [0.1, 0.15) is 11.2 Å². The molecule has 0 radical (unpaired) electrons. The third kappa shape index (κ3) is 3.68. The molecule has 4 heterocycles. The van der Waals surface area contributed by atoms with E-state index in [4.69, 9.17) is 4.42 Å². The molecule has 1 aromatic carbocycles. The number of benzene rings is 1. The fraction of sp³-hybridized carbons (Fsp3) is 0.348. The van der Waals surface area contributed by atoms with Gasteiger partial charge in [0.15, 0.2) is 11.5 Å². The van der Waals surface area contributed by atoms with Gasteiger partial charge < -0.3 is 13.7 Å². The average Bonchev–Trinajstić information content (AvgIpc) is 3.33. The monoisotopic (exact) mass is 403 g/mol. The first kappa shape index (κ1) is 18.8. The highest BCUT2D eigenvalue weighted by Gasteiger charge is 2.23. The molecule has 0 bridgehead atoms. The smallest absolute Gasteiger partial charge is 0.223 e. The summed E-state index contributed by atoms with van der Waals surface area (Å²) in [4.78, 5) is 26.1. The third-order valence-electron chi connectivity index (χ3n) is 5.82. The Hall–Kier alpha value is -3.19. The van der Waals surface area contributed by atoms with E-state index >= 15 is 0 Å². The molecular weight excluding hydrogens is 378 g/mol. The zero-order valence-corrected chi connectivity index (χ0v) is 17.1. The second-order valence-electron chi connectivity index (χ2n) is 7.81. The van der Waals surface area contributed by atoms with E-state index in [0.717, 1.165) is 55.2 Å². The number of imidazole rings is 1. The topological polar surface area (TPSA) is 66.9 Å². The van der Waals surface area contributed by atoms with Gasteiger partial charge in [-0.1, -0.05) is 18.2 Å². The molecule has 0 unspecified atom stereocenters. The third-order valence-corrected chi connectivity index (χ3v) is 5.82. The van der Waals surface area contributed by atoms with Crippen molar-refractivity contribution in [3.8, 4) is 0 Å². The van der Waals surface area contributed by atoms with Crippen molar-refractivity contribution < 1.29 is 9.21 Å². The van der Waals surface area contributed by atoms with Crippen LogP contribution in [0.3, 0.4) is 0 Å². The predicted octanol–water partition coefficient (Wildman–Crippen LogP) is 3.06. The van der Waals surface area contributed by atoms with E-state index in [1.165, 1.54) is 5.69 Å². The number of oxazole rings is 1. The van der Waals surface area contributed by atoms with E-state index in [0.29, 0.717) is 18.7 Å². The molecule has 1 saturated heterocycles. The molecular formula is C23H25N5O2. The van der Waals surface area contributed by atoms with Crippen LogP contribution in [0, 0.1) is 6.92 Å². The van der Waals surface area contributed by atoms with Crippen LogP contribution in [-0.2, 0) is 17.8 Å². The number of carbonyl (C=O) groups is 1. The van der Waals surface area contributed by atoms with Crippen molar-refractivity contribution in [3.63, 3.8) is 0 Å². The highest BCUT2D eigenvalue weighted by Crippen LogP contribution is 2.18. The molecule has 1 amide bonds. The Morgan fingerprint density at radius 2 is 1.83 bits per heavy atom. The van der Waals surface area contributed by atoms with Crippen molar-refractivity contribution in [2.24, 2.45) is 0 Å². The molecule has 0 atom stereocenters. The van der Waals surface area contributed by atoms with Gasteiger partial charge in [-0.05, 0) is 31.2 Å². The first-order valence-electron chi connectivity index (χ1n) is 10.4. The molecule has 0 N–H and O–H groups in total. The second kappa shape index (κ2) is 7.91. The van der Waals surface area contributed by atoms with Gasteiger partial charge in [0.25, 0.3) is 0 Å². The first-order chi connectivity index (χ1) is 14.7. The molecule has 30 heavy (non-hydrogen) atoms. The normalized spacial score (nSPS) is 15.3. The molecule has 0 spiro atoms. The fourth-order valence-corrected chi connectivity index (χ4v) is 4.12. The number of rotatable bonds is 5. The number of pyridine rings is 1. The van der Waals surface area contributed by atoms with Crippen molar-refractivity contribution in [2.75, 3.05) is 26.2 Å². The lowest BCUT2D eigenvalue weighted by molar-refractivity contribution is -0.133. The van der Waals surface area contributed by atoms with Crippen LogP contribution in [0.2, 0.25) is 0 Å². The Morgan fingerprint density at radius 3 is 2.67 bits per heavy atom. The van der Waals surface area contributed by atoms with Gasteiger partial charge in [-0.15, -0.1) is 0 Å². The average molecular weight is 403 g/mol. The maximum absolute atomic E-state index is 12.7. The Bertz CT molecular complexity index is 1150. The maximum Gasteiger partial charge on any atom is 0.223 e. The summed E-state index contributed by atoms with van der Waals surface area (Å²) in [5, 5.41) is 0. The van der Waals surface area contributed by atoms with E-state index in [2.05, 4.69) is 32.4 Å². The van der Waals surface area contributed by atoms with Crippen molar-refractivity contribution in [1.29, 1.82) is 0 Å². The summed E-state index contributed by atoms with van der Waals surface area (Å²) >= 11 is 0. The molecule has 1 aliphatic heterocycles. The number of fused-ring (bicyclic) bond motifs is 2. The molecule has 4 aromatic rings. The number of amides is 1. The van der Waals surface area contributed by atoms with Crippen LogP contribution in [-0.4, -0.2) is 56.3 Å². The summed E-state index contributed by atoms with van der Waals surface area (Å²) in [6.45, 7) is 6.16. The zero-order chi connectivity index (χ0) is 20.5. The van der Waals surface area contributed by atoms with Gasteiger partial charge in [0, 0.05) is 51.8 Å². The van der Waals surface area contributed by atoms with Gasteiger partial charge in [-0.3, -0.25) is 9.69 Å². The van der Waals surface area contributed by atoms with Gasteiger partial charge in [0.2, 0.25) is 5.91 Å². The van der Waals surface area contributed by atoms with Crippen LogP contribution in [0.1, 0.15) is 23.7 Å². The van der Waals surface area contributed by atoms with Crippen LogP contribution >= 0.6 is 0 Å². The molecule has 0 aliphatic carbocycles. The predicted molar refractivity (Wildman–Crippen MR) is 114 cm³/mol. The largest absolute Gasteiger partial charge is 0.441 e. The lowest BCUT2D eigenvalue weighted by Gasteiger charge is -2.34. The minimum atomic E-state index is 0.169.